The number of amides is 1. The van der Waals surface area contributed by atoms with E-state index in [9.17, 15) is 18.8 Å². The molecule has 0 saturated heterocycles. The molecule has 0 bridgehead atoms. The number of halogens is 3. The Morgan fingerprint density at radius 1 is 1.22 bits per heavy atom. The Morgan fingerprint density at radius 2 is 2.08 bits per heavy atom. The van der Waals surface area contributed by atoms with Crippen LogP contribution in [0.2, 0.25) is 5.02 Å². The number of nitriles is 1. The standard InChI is InChI=1S/C28H22ClF2N5O/c29-23-5-1-3-20(27(23)31)4-2-11-35-12-9-25-22(17-35)21-13-18(15-32)6-7-24(21)36(25)28(37)34-16-19-8-10-33-26(30)14-19/h1-8,10,13-14H,9,11-12,16-17H2,(H,34,37). The number of hydrogen-bond donors (Lipinski definition) is 1. The van der Waals surface area contributed by atoms with Gasteiger partial charge in [0.25, 0.3) is 0 Å². The van der Waals surface area contributed by atoms with E-state index in [2.05, 4.69) is 21.3 Å². The van der Waals surface area contributed by atoms with Gasteiger partial charge in [-0.25, -0.2) is 14.2 Å². The number of hydrogen-bond acceptors (Lipinski definition) is 4. The first-order valence-electron chi connectivity index (χ1n) is 11.7. The summed E-state index contributed by atoms with van der Waals surface area (Å²) in [5.41, 5.74) is 4.10. The fourth-order valence-corrected chi connectivity index (χ4v) is 4.84. The Bertz CT molecular complexity index is 1570. The monoisotopic (exact) mass is 517 g/mol. The van der Waals surface area contributed by atoms with Crippen molar-refractivity contribution in [3.63, 3.8) is 0 Å². The quantitative estimate of drug-likeness (QED) is 0.346. The lowest BCUT2D eigenvalue weighted by atomic mass is 10.0. The van der Waals surface area contributed by atoms with Crippen LogP contribution in [0.3, 0.4) is 0 Å². The summed E-state index contributed by atoms with van der Waals surface area (Å²) in [5.74, 6) is -1.05. The van der Waals surface area contributed by atoms with Crippen molar-refractivity contribution in [3.8, 4) is 6.07 Å². The number of benzene rings is 2. The molecule has 0 saturated carbocycles. The van der Waals surface area contributed by atoms with Gasteiger partial charge in [0.2, 0.25) is 5.95 Å². The fourth-order valence-electron chi connectivity index (χ4n) is 4.66. The van der Waals surface area contributed by atoms with Gasteiger partial charge in [0, 0.05) is 55.4 Å². The number of aromatic nitrogens is 2. The minimum atomic E-state index is -0.605. The van der Waals surface area contributed by atoms with Crippen LogP contribution in [-0.4, -0.2) is 33.6 Å². The van der Waals surface area contributed by atoms with Gasteiger partial charge < -0.3 is 5.32 Å². The van der Waals surface area contributed by atoms with Gasteiger partial charge in [-0.1, -0.05) is 35.9 Å². The summed E-state index contributed by atoms with van der Waals surface area (Å²) in [7, 11) is 0. The Labute approximate surface area is 217 Å². The molecular formula is C28H22ClF2N5O. The number of nitrogens with zero attached hydrogens (tertiary/aromatic N) is 4. The summed E-state index contributed by atoms with van der Waals surface area (Å²) >= 11 is 5.87. The van der Waals surface area contributed by atoms with Gasteiger partial charge >= 0.3 is 6.03 Å². The summed E-state index contributed by atoms with van der Waals surface area (Å²) in [4.78, 5) is 19.0. The average molecular weight is 518 g/mol. The van der Waals surface area contributed by atoms with E-state index in [-0.39, 0.29) is 17.6 Å². The van der Waals surface area contributed by atoms with E-state index < -0.39 is 11.8 Å². The fraction of sp³-hybridized carbons (Fsp3) is 0.179. The molecule has 4 aromatic rings. The molecule has 0 aliphatic carbocycles. The second-order valence-corrected chi connectivity index (χ2v) is 9.19. The molecule has 1 aliphatic heterocycles. The first kappa shape index (κ1) is 24.6. The van der Waals surface area contributed by atoms with Crippen molar-refractivity contribution in [2.75, 3.05) is 13.1 Å². The lowest BCUT2D eigenvalue weighted by Gasteiger charge is -2.27. The highest BCUT2D eigenvalue weighted by Gasteiger charge is 2.26. The molecule has 1 N–H and O–H groups in total. The molecule has 9 heteroatoms. The average Bonchev–Trinajstić information content (AvgIpc) is 3.23. The molecule has 0 fully saturated rings. The number of nitrogens with one attached hydrogen (secondary N) is 1. The van der Waals surface area contributed by atoms with Crippen molar-refractivity contribution in [3.05, 3.63) is 106 Å². The molecule has 0 atom stereocenters. The van der Waals surface area contributed by atoms with Crippen LogP contribution in [0, 0.1) is 23.1 Å². The highest BCUT2D eigenvalue weighted by Crippen LogP contribution is 2.32. The largest absolute Gasteiger partial charge is 0.333 e. The second kappa shape index (κ2) is 10.5. The molecule has 186 valence electrons. The molecule has 2 aromatic carbocycles. The highest BCUT2D eigenvalue weighted by atomic mass is 35.5. The van der Waals surface area contributed by atoms with Crippen LogP contribution in [0.1, 0.15) is 27.9 Å². The van der Waals surface area contributed by atoms with Crippen molar-refractivity contribution in [1.29, 1.82) is 5.26 Å². The van der Waals surface area contributed by atoms with Crippen LogP contribution in [0.4, 0.5) is 13.6 Å². The zero-order valence-electron chi connectivity index (χ0n) is 19.7. The van der Waals surface area contributed by atoms with Crippen molar-refractivity contribution in [1.82, 2.24) is 19.8 Å². The molecule has 0 spiro atoms. The van der Waals surface area contributed by atoms with Gasteiger partial charge in [0.1, 0.15) is 5.82 Å². The summed E-state index contributed by atoms with van der Waals surface area (Å²) in [5, 5.41) is 13.2. The van der Waals surface area contributed by atoms with E-state index in [1.807, 2.05) is 6.08 Å². The molecule has 3 heterocycles. The predicted molar refractivity (Wildman–Crippen MR) is 138 cm³/mol. The van der Waals surface area contributed by atoms with Crippen molar-refractivity contribution in [2.45, 2.75) is 19.5 Å². The van der Waals surface area contributed by atoms with E-state index in [0.29, 0.717) is 48.3 Å². The van der Waals surface area contributed by atoms with Gasteiger partial charge in [0.15, 0.2) is 0 Å². The first-order chi connectivity index (χ1) is 17.9. The second-order valence-electron chi connectivity index (χ2n) is 8.78. The first-order valence-corrected chi connectivity index (χ1v) is 12.1. The zero-order chi connectivity index (χ0) is 25.9. The number of carbonyl (C=O) groups excluding carboxylic acids is 1. The Morgan fingerprint density at radius 3 is 2.89 bits per heavy atom. The lowest BCUT2D eigenvalue weighted by molar-refractivity contribution is 0.240. The summed E-state index contributed by atoms with van der Waals surface area (Å²) in [6, 6.07) is 14.9. The van der Waals surface area contributed by atoms with E-state index in [0.717, 1.165) is 16.6 Å². The topological polar surface area (TPSA) is 74.0 Å². The number of pyridine rings is 1. The van der Waals surface area contributed by atoms with Crippen LogP contribution in [0.15, 0.2) is 60.8 Å². The molecule has 6 nitrogen and oxygen atoms in total. The Kier molecular flexibility index (Phi) is 6.99. The minimum Gasteiger partial charge on any atom is -0.333 e. The Balaban J connectivity index is 1.40. The maximum atomic E-state index is 14.2. The molecular weight excluding hydrogens is 496 g/mol. The minimum absolute atomic E-state index is 0.0817. The maximum Gasteiger partial charge on any atom is 0.326 e. The maximum absolute atomic E-state index is 14.2. The SMILES string of the molecule is N#Cc1ccc2c(c1)c1c(n2C(=O)NCc2ccnc(F)c2)CCN(CC=Cc2cccc(Cl)c2F)C1. The van der Waals surface area contributed by atoms with E-state index in [1.54, 1.807) is 47.0 Å². The van der Waals surface area contributed by atoms with Crippen molar-refractivity contribution >= 4 is 34.6 Å². The number of fused-ring (bicyclic) bond motifs is 3. The van der Waals surface area contributed by atoms with Gasteiger partial charge in [-0.3, -0.25) is 9.47 Å². The third-order valence-corrected chi connectivity index (χ3v) is 6.73. The predicted octanol–water partition coefficient (Wildman–Crippen LogP) is 5.67. The molecule has 1 amide bonds. The smallest absolute Gasteiger partial charge is 0.326 e. The van der Waals surface area contributed by atoms with Crippen molar-refractivity contribution < 1.29 is 13.6 Å². The van der Waals surface area contributed by atoms with E-state index >= 15 is 0 Å². The van der Waals surface area contributed by atoms with E-state index in [1.165, 1.54) is 18.3 Å². The molecule has 2 aromatic heterocycles. The Hall–Kier alpha value is -4.06. The molecule has 0 unspecified atom stereocenters. The van der Waals surface area contributed by atoms with Gasteiger partial charge in [0.05, 0.1) is 22.2 Å². The van der Waals surface area contributed by atoms with Gasteiger partial charge in [-0.05, 0) is 47.5 Å². The number of carbonyl (C=O) groups is 1. The summed E-state index contributed by atoms with van der Waals surface area (Å²) < 4.78 is 29.3. The molecule has 0 radical (unpaired) electrons. The van der Waals surface area contributed by atoms with E-state index in [4.69, 9.17) is 11.6 Å². The van der Waals surface area contributed by atoms with Crippen LogP contribution in [-0.2, 0) is 19.5 Å². The summed E-state index contributed by atoms with van der Waals surface area (Å²) in [6.45, 7) is 1.99. The normalized spacial score (nSPS) is 13.6. The zero-order valence-corrected chi connectivity index (χ0v) is 20.5. The van der Waals surface area contributed by atoms with Gasteiger partial charge in [-0.2, -0.15) is 9.65 Å². The third kappa shape index (κ3) is 5.10. The lowest BCUT2D eigenvalue weighted by Crippen LogP contribution is -2.34. The molecule has 37 heavy (non-hydrogen) atoms. The molecule has 5 rings (SSSR count). The highest BCUT2D eigenvalue weighted by molar-refractivity contribution is 6.30. The van der Waals surface area contributed by atoms with Crippen LogP contribution < -0.4 is 5.32 Å². The molecule has 1 aliphatic rings. The van der Waals surface area contributed by atoms with Gasteiger partial charge in [-0.15, -0.1) is 0 Å². The van der Waals surface area contributed by atoms with Crippen LogP contribution >= 0.6 is 11.6 Å². The number of rotatable bonds is 5. The van der Waals surface area contributed by atoms with Crippen molar-refractivity contribution in [2.24, 2.45) is 0 Å². The van der Waals surface area contributed by atoms with Crippen LogP contribution in [0.5, 0.6) is 0 Å². The third-order valence-electron chi connectivity index (χ3n) is 6.44. The summed E-state index contributed by atoms with van der Waals surface area (Å²) in [6.07, 6.45) is 5.57. The van der Waals surface area contributed by atoms with Crippen LogP contribution in [0.25, 0.3) is 17.0 Å².